The molecule has 0 bridgehead atoms. The van der Waals surface area contributed by atoms with Gasteiger partial charge in [-0.25, -0.2) is 0 Å². The van der Waals surface area contributed by atoms with E-state index in [1.807, 2.05) is 61.5 Å². The van der Waals surface area contributed by atoms with Crippen molar-refractivity contribution in [3.63, 3.8) is 0 Å². The fourth-order valence-electron chi connectivity index (χ4n) is 2.57. The van der Waals surface area contributed by atoms with Crippen molar-refractivity contribution in [2.45, 2.75) is 6.04 Å². The summed E-state index contributed by atoms with van der Waals surface area (Å²) in [6, 6.07) is 11.4. The number of carbonyl (C=O) groups is 1. The number of likely N-dealkylation sites (N-methyl/N-ethyl adjacent to an activating group) is 1. The first-order valence-corrected chi connectivity index (χ1v) is 7.55. The maximum Gasteiger partial charge on any atom is 0.250 e. The molecule has 0 saturated carbocycles. The quantitative estimate of drug-likeness (QED) is 0.921. The lowest BCUT2D eigenvalue weighted by atomic mass is 10.1. The fourth-order valence-corrected chi connectivity index (χ4v) is 2.57. The van der Waals surface area contributed by atoms with Gasteiger partial charge in [0.2, 0.25) is 0 Å². The Morgan fingerprint density at radius 3 is 2.83 bits per heavy atom. The van der Waals surface area contributed by atoms with Crippen LogP contribution in [0.3, 0.4) is 0 Å². The molecule has 1 aliphatic heterocycles. The van der Waals surface area contributed by atoms with E-state index in [1.54, 1.807) is 6.26 Å². The van der Waals surface area contributed by atoms with Crippen LogP contribution in [0.5, 0.6) is 5.75 Å². The average molecular weight is 312 g/mol. The average Bonchev–Trinajstić information content (AvgIpc) is 3.08. The van der Waals surface area contributed by atoms with Crippen molar-refractivity contribution in [1.82, 2.24) is 10.2 Å². The Balaban J connectivity index is 1.67. The summed E-state index contributed by atoms with van der Waals surface area (Å²) in [5.41, 5.74) is 1.56. The van der Waals surface area contributed by atoms with Crippen LogP contribution in [-0.4, -0.2) is 38.1 Å². The van der Waals surface area contributed by atoms with E-state index < -0.39 is 0 Å². The van der Waals surface area contributed by atoms with Gasteiger partial charge in [0.25, 0.3) is 5.91 Å². The van der Waals surface area contributed by atoms with Crippen LogP contribution in [0, 0.1) is 0 Å². The number of nitrogens with zero attached hydrogens (tertiary/aromatic N) is 1. The largest absolute Gasteiger partial charge is 0.488 e. The number of rotatable bonds is 5. The minimum absolute atomic E-state index is 0.00801. The van der Waals surface area contributed by atoms with E-state index in [0.717, 1.165) is 17.1 Å². The van der Waals surface area contributed by atoms with Crippen molar-refractivity contribution in [3.8, 4) is 5.75 Å². The normalized spacial score (nSPS) is 14.7. The van der Waals surface area contributed by atoms with E-state index in [2.05, 4.69) is 5.32 Å². The van der Waals surface area contributed by atoms with Crippen LogP contribution in [0.15, 0.2) is 52.7 Å². The summed E-state index contributed by atoms with van der Waals surface area (Å²) in [4.78, 5) is 14.4. The summed E-state index contributed by atoms with van der Waals surface area (Å²) < 4.78 is 11.1. The second-order valence-corrected chi connectivity index (χ2v) is 5.70. The summed E-state index contributed by atoms with van der Waals surface area (Å²) >= 11 is 0. The van der Waals surface area contributed by atoms with Gasteiger partial charge >= 0.3 is 0 Å². The van der Waals surface area contributed by atoms with Gasteiger partial charge in [0, 0.05) is 12.1 Å². The van der Waals surface area contributed by atoms with Crippen molar-refractivity contribution in [2.24, 2.45) is 0 Å². The molecular formula is C18H20N2O3. The Bertz CT molecular complexity index is 705. The molecule has 5 heteroatoms. The molecule has 1 aromatic carbocycles. The van der Waals surface area contributed by atoms with Crippen LogP contribution in [0.25, 0.3) is 6.08 Å². The van der Waals surface area contributed by atoms with Crippen LogP contribution in [0.2, 0.25) is 0 Å². The zero-order chi connectivity index (χ0) is 16.2. The summed E-state index contributed by atoms with van der Waals surface area (Å²) in [5, 5.41) is 2.96. The minimum Gasteiger partial charge on any atom is -0.488 e. The Morgan fingerprint density at radius 2 is 2.09 bits per heavy atom. The molecule has 0 saturated heterocycles. The van der Waals surface area contributed by atoms with Gasteiger partial charge in [0.05, 0.1) is 17.9 Å². The number of hydrogen-bond donors (Lipinski definition) is 1. The van der Waals surface area contributed by atoms with Crippen molar-refractivity contribution in [2.75, 3.05) is 27.2 Å². The monoisotopic (exact) mass is 312 g/mol. The number of ether oxygens (including phenoxy) is 1. The Kier molecular flexibility index (Phi) is 4.48. The highest BCUT2D eigenvalue weighted by Gasteiger charge is 2.21. The topological polar surface area (TPSA) is 54.7 Å². The van der Waals surface area contributed by atoms with Crippen LogP contribution in [0.1, 0.15) is 17.4 Å². The Labute approximate surface area is 135 Å². The van der Waals surface area contributed by atoms with Crippen molar-refractivity contribution in [3.05, 3.63) is 59.6 Å². The minimum atomic E-state index is -0.113. The number of amides is 1. The number of carbonyl (C=O) groups excluding carboxylic acids is 1. The molecule has 1 N–H and O–H groups in total. The summed E-state index contributed by atoms with van der Waals surface area (Å²) in [6.45, 7) is 0.758. The lowest BCUT2D eigenvalue weighted by Gasteiger charge is -2.23. The molecule has 1 unspecified atom stereocenters. The first kappa shape index (κ1) is 15.4. The Morgan fingerprint density at radius 1 is 1.26 bits per heavy atom. The van der Waals surface area contributed by atoms with Crippen LogP contribution in [-0.2, 0) is 4.79 Å². The predicted octanol–water partition coefficient (Wildman–Crippen LogP) is 2.47. The fraction of sp³-hybridized carbons (Fsp3) is 0.278. The molecule has 0 aliphatic carbocycles. The molecule has 5 nitrogen and oxygen atoms in total. The third kappa shape index (κ3) is 3.46. The summed E-state index contributed by atoms with van der Waals surface area (Å²) in [6.07, 6.45) is 3.52. The second-order valence-electron chi connectivity index (χ2n) is 5.70. The molecule has 3 rings (SSSR count). The first-order valence-electron chi connectivity index (χ1n) is 7.55. The number of hydrogen-bond acceptors (Lipinski definition) is 4. The smallest absolute Gasteiger partial charge is 0.250 e. The third-order valence-electron chi connectivity index (χ3n) is 3.87. The SMILES string of the molecule is CN(C)C(CNC(=O)C1=Cc2ccccc2OC1)c1ccco1. The number of furan rings is 1. The molecule has 120 valence electrons. The standard InChI is InChI=1S/C18H20N2O3/c1-20(2)15(17-8-5-9-22-17)11-19-18(21)14-10-13-6-3-4-7-16(13)23-12-14/h3-10,15H,11-12H2,1-2H3,(H,19,21). The molecule has 1 aromatic heterocycles. The van der Waals surface area contributed by atoms with Crippen molar-refractivity contribution < 1.29 is 13.9 Å². The van der Waals surface area contributed by atoms with Gasteiger partial charge in [-0.3, -0.25) is 9.69 Å². The predicted molar refractivity (Wildman–Crippen MR) is 88.1 cm³/mol. The van der Waals surface area contributed by atoms with Gasteiger partial charge in [-0.1, -0.05) is 18.2 Å². The summed E-state index contributed by atoms with van der Waals surface area (Å²) in [7, 11) is 3.91. The maximum atomic E-state index is 12.4. The van der Waals surface area contributed by atoms with E-state index in [1.165, 1.54) is 0 Å². The molecule has 1 amide bonds. The molecule has 2 heterocycles. The summed E-state index contributed by atoms with van der Waals surface area (Å²) in [5.74, 6) is 1.53. The van der Waals surface area contributed by atoms with Gasteiger partial charge in [0.1, 0.15) is 18.1 Å². The molecule has 23 heavy (non-hydrogen) atoms. The number of benzene rings is 1. The van der Waals surface area contributed by atoms with Gasteiger partial charge in [-0.2, -0.15) is 0 Å². The van der Waals surface area contributed by atoms with Gasteiger partial charge in [-0.05, 0) is 38.4 Å². The van der Waals surface area contributed by atoms with Gasteiger partial charge < -0.3 is 14.5 Å². The van der Waals surface area contributed by atoms with E-state index in [4.69, 9.17) is 9.15 Å². The third-order valence-corrected chi connectivity index (χ3v) is 3.87. The second kappa shape index (κ2) is 6.71. The molecule has 2 aromatic rings. The van der Waals surface area contributed by atoms with Crippen LogP contribution in [0.4, 0.5) is 0 Å². The number of nitrogens with one attached hydrogen (secondary N) is 1. The van der Waals surface area contributed by atoms with E-state index >= 15 is 0 Å². The lowest BCUT2D eigenvalue weighted by Crippen LogP contribution is -2.36. The number of fused-ring (bicyclic) bond motifs is 1. The molecule has 1 aliphatic rings. The molecule has 0 fully saturated rings. The highest BCUT2D eigenvalue weighted by molar-refractivity contribution is 5.99. The zero-order valence-corrected chi connectivity index (χ0v) is 13.3. The van der Waals surface area contributed by atoms with Gasteiger partial charge in [-0.15, -0.1) is 0 Å². The van der Waals surface area contributed by atoms with E-state index in [0.29, 0.717) is 12.1 Å². The zero-order valence-electron chi connectivity index (χ0n) is 13.3. The highest BCUT2D eigenvalue weighted by Crippen LogP contribution is 2.25. The van der Waals surface area contributed by atoms with Crippen molar-refractivity contribution >= 4 is 12.0 Å². The first-order chi connectivity index (χ1) is 11.1. The molecular weight excluding hydrogens is 292 g/mol. The molecule has 0 radical (unpaired) electrons. The lowest BCUT2D eigenvalue weighted by molar-refractivity contribution is -0.118. The van der Waals surface area contributed by atoms with Crippen LogP contribution >= 0.6 is 0 Å². The van der Waals surface area contributed by atoms with Gasteiger partial charge in [0.15, 0.2) is 0 Å². The molecule has 0 spiro atoms. The highest BCUT2D eigenvalue weighted by atomic mass is 16.5. The molecule has 1 atom stereocenters. The number of para-hydroxylation sites is 1. The maximum absolute atomic E-state index is 12.4. The van der Waals surface area contributed by atoms with E-state index in [9.17, 15) is 4.79 Å². The van der Waals surface area contributed by atoms with E-state index in [-0.39, 0.29) is 18.6 Å². The van der Waals surface area contributed by atoms with Crippen molar-refractivity contribution in [1.29, 1.82) is 0 Å². The Hall–Kier alpha value is -2.53. The van der Waals surface area contributed by atoms with Crippen LogP contribution < -0.4 is 10.1 Å².